The monoisotopic (exact) mass is 214 g/mol. The number of halogens is 1. The minimum absolute atomic E-state index is 0.151. The van der Waals surface area contributed by atoms with E-state index in [2.05, 4.69) is 0 Å². The van der Waals surface area contributed by atoms with E-state index in [1.807, 2.05) is 26.0 Å². The molecule has 0 fully saturated rings. The number of rotatable bonds is 4. The highest BCUT2D eigenvalue weighted by atomic mass is 35.5. The average molecular weight is 215 g/mol. The second kappa shape index (κ2) is 5.23. The van der Waals surface area contributed by atoms with Gasteiger partial charge in [-0.15, -0.1) is 0 Å². The molecule has 0 bridgehead atoms. The van der Waals surface area contributed by atoms with Crippen LogP contribution in [0.25, 0.3) is 0 Å². The summed E-state index contributed by atoms with van der Waals surface area (Å²) in [6.07, 6.45) is 0.644. The van der Waals surface area contributed by atoms with Crippen LogP contribution in [0.4, 0.5) is 0 Å². The zero-order valence-electron chi connectivity index (χ0n) is 8.51. The van der Waals surface area contributed by atoms with Crippen LogP contribution >= 0.6 is 11.6 Å². The molecule has 0 aliphatic rings. The first-order chi connectivity index (χ1) is 6.65. The molecule has 1 N–H and O–H groups in total. The van der Waals surface area contributed by atoms with Crippen molar-refractivity contribution < 1.29 is 9.84 Å². The van der Waals surface area contributed by atoms with Gasteiger partial charge in [0.2, 0.25) is 0 Å². The Labute approximate surface area is 89.5 Å². The van der Waals surface area contributed by atoms with Gasteiger partial charge in [-0.25, -0.2) is 0 Å². The van der Waals surface area contributed by atoms with Crippen molar-refractivity contribution in [2.45, 2.75) is 20.3 Å². The molecule has 78 valence electrons. The molecule has 1 rings (SSSR count). The van der Waals surface area contributed by atoms with Crippen molar-refractivity contribution in [2.75, 3.05) is 13.2 Å². The minimum Gasteiger partial charge on any atom is -0.493 e. The van der Waals surface area contributed by atoms with Crippen molar-refractivity contribution in [1.29, 1.82) is 0 Å². The molecular formula is C11H15ClO2. The van der Waals surface area contributed by atoms with Gasteiger partial charge in [-0.2, -0.15) is 0 Å². The molecule has 3 heteroatoms. The van der Waals surface area contributed by atoms with E-state index in [9.17, 15) is 0 Å². The van der Waals surface area contributed by atoms with Crippen molar-refractivity contribution in [3.05, 3.63) is 28.3 Å². The van der Waals surface area contributed by atoms with Crippen LogP contribution in [-0.2, 0) is 0 Å². The fourth-order valence-electron chi connectivity index (χ4n) is 1.21. The Morgan fingerprint density at radius 3 is 2.64 bits per heavy atom. The van der Waals surface area contributed by atoms with Crippen LogP contribution in [0, 0.1) is 13.8 Å². The Morgan fingerprint density at radius 1 is 1.29 bits per heavy atom. The number of aliphatic hydroxyl groups is 1. The number of hydrogen-bond donors (Lipinski definition) is 1. The molecule has 0 radical (unpaired) electrons. The summed E-state index contributed by atoms with van der Waals surface area (Å²) in [6.45, 7) is 4.62. The van der Waals surface area contributed by atoms with E-state index in [4.69, 9.17) is 21.4 Å². The van der Waals surface area contributed by atoms with Crippen molar-refractivity contribution in [2.24, 2.45) is 0 Å². The molecule has 2 nitrogen and oxygen atoms in total. The molecule has 0 aromatic heterocycles. The largest absolute Gasteiger partial charge is 0.493 e. The number of aliphatic hydroxyl groups excluding tert-OH is 1. The molecule has 0 unspecified atom stereocenters. The molecule has 0 saturated heterocycles. The predicted octanol–water partition coefficient (Wildman–Crippen LogP) is 2.72. The van der Waals surface area contributed by atoms with Crippen LogP contribution in [0.3, 0.4) is 0 Å². The second-order valence-corrected chi connectivity index (χ2v) is 3.70. The van der Waals surface area contributed by atoms with E-state index >= 15 is 0 Å². The van der Waals surface area contributed by atoms with E-state index in [0.717, 1.165) is 21.9 Å². The minimum atomic E-state index is 0.151. The van der Waals surface area contributed by atoms with Crippen LogP contribution in [0.5, 0.6) is 5.75 Å². The molecule has 0 spiro atoms. The Balaban J connectivity index is 2.72. The summed E-state index contributed by atoms with van der Waals surface area (Å²) in [4.78, 5) is 0. The lowest BCUT2D eigenvalue weighted by Crippen LogP contribution is -2.01. The summed E-state index contributed by atoms with van der Waals surface area (Å²) in [5.41, 5.74) is 2.13. The third-order valence-electron chi connectivity index (χ3n) is 2.02. The number of hydrogen-bond acceptors (Lipinski definition) is 2. The molecule has 0 atom stereocenters. The Hall–Kier alpha value is -0.730. The third kappa shape index (κ3) is 2.89. The van der Waals surface area contributed by atoms with Gasteiger partial charge in [0.15, 0.2) is 0 Å². The first-order valence-corrected chi connectivity index (χ1v) is 5.03. The van der Waals surface area contributed by atoms with Gasteiger partial charge in [0.1, 0.15) is 5.75 Å². The van der Waals surface area contributed by atoms with Crippen molar-refractivity contribution in [3.8, 4) is 5.75 Å². The van der Waals surface area contributed by atoms with Gasteiger partial charge in [-0.3, -0.25) is 0 Å². The van der Waals surface area contributed by atoms with Crippen LogP contribution in [0.15, 0.2) is 12.1 Å². The summed E-state index contributed by atoms with van der Waals surface area (Å²) in [5.74, 6) is 0.800. The molecule has 0 heterocycles. The second-order valence-electron chi connectivity index (χ2n) is 3.29. The summed E-state index contributed by atoms with van der Waals surface area (Å²) in [7, 11) is 0. The normalized spacial score (nSPS) is 10.3. The Morgan fingerprint density at radius 2 is 2.00 bits per heavy atom. The summed E-state index contributed by atoms with van der Waals surface area (Å²) in [6, 6.07) is 3.82. The Kier molecular flexibility index (Phi) is 4.23. The summed E-state index contributed by atoms with van der Waals surface area (Å²) in [5, 5.41) is 9.32. The zero-order chi connectivity index (χ0) is 10.6. The van der Waals surface area contributed by atoms with E-state index in [0.29, 0.717) is 13.0 Å². The molecule has 1 aromatic carbocycles. The Bertz CT molecular complexity index is 310. The zero-order valence-corrected chi connectivity index (χ0v) is 9.27. The quantitative estimate of drug-likeness (QED) is 0.781. The van der Waals surface area contributed by atoms with Gasteiger partial charge < -0.3 is 9.84 Å². The van der Waals surface area contributed by atoms with Gasteiger partial charge in [-0.05, 0) is 31.0 Å². The molecule has 14 heavy (non-hydrogen) atoms. The van der Waals surface area contributed by atoms with Crippen LogP contribution in [0.1, 0.15) is 17.5 Å². The van der Waals surface area contributed by atoms with E-state index in [-0.39, 0.29) is 6.61 Å². The highest BCUT2D eigenvalue weighted by Crippen LogP contribution is 2.26. The maximum atomic E-state index is 8.61. The summed E-state index contributed by atoms with van der Waals surface area (Å²) >= 11 is 5.97. The fraction of sp³-hybridized carbons (Fsp3) is 0.455. The highest BCUT2D eigenvalue weighted by molar-refractivity contribution is 6.31. The SMILES string of the molecule is Cc1cc(C)c(OCCCO)cc1Cl. The third-order valence-corrected chi connectivity index (χ3v) is 2.42. The topological polar surface area (TPSA) is 29.5 Å². The first-order valence-electron chi connectivity index (χ1n) is 4.65. The van der Waals surface area contributed by atoms with Gasteiger partial charge in [0, 0.05) is 18.1 Å². The van der Waals surface area contributed by atoms with E-state index in [1.54, 1.807) is 0 Å². The molecule has 1 aromatic rings. The maximum Gasteiger partial charge on any atom is 0.123 e. The van der Waals surface area contributed by atoms with Gasteiger partial charge in [0.05, 0.1) is 6.61 Å². The predicted molar refractivity (Wildman–Crippen MR) is 58.1 cm³/mol. The van der Waals surface area contributed by atoms with Crippen molar-refractivity contribution >= 4 is 11.6 Å². The molecule has 0 aliphatic carbocycles. The maximum absolute atomic E-state index is 8.61. The first kappa shape index (κ1) is 11.3. The molecule has 0 saturated carbocycles. The molecule has 0 aliphatic heterocycles. The van der Waals surface area contributed by atoms with Gasteiger partial charge in [-0.1, -0.05) is 17.7 Å². The van der Waals surface area contributed by atoms with E-state index in [1.165, 1.54) is 0 Å². The smallest absolute Gasteiger partial charge is 0.123 e. The lowest BCUT2D eigenvalue weighted by Gasteiger charge is -2.10. The highest BCUT2D eigenvalue weighted by Gasteiger charge is 2.03. The number of benzene rings is 1. The molecular weight excluding hydrogens is 200 g/mol. The lowest BCUT2D eigenvalue weighted by molar-refractivity contribution is 0.233. The molecule has 0 amide bonds. The fourth-order valence-corrected chi connectivity index (χ4v) is 1.36. The summed E-state index contributed by atoms with van der Waals surface area (Å²) < 4.78 is 5.47. The van der Waals surface area contributed by atoms with E-state index < -0.39 is 0 Å². The van der Waals surface area contributed by atoms with Gasteiger partial charge in [0.25, 0.3) is 0 Å². The van der Waals surface area contributed by atoms with Crippen LogP contribution in [-0.4, -0.2) is 18.3 Å². The van der Waals surface area contributed by atoms with Crippen molar-refractivity contribution in [3.63, 3.8) is 0 Å². The standard InChI is InChI=1S/C11H15ClO2/c1-8-6-9(2)11(7-10(8)12)14-5-3-4-13/h6-7,13H,3-5H2,1-2H3. The van der Waals surface area contributed by atoms with Gasteiger partial charge >= 0.3 is 0 Å². The number of aryl methyl sites for hydroxylation is 2. The average Bonchev–Trinajstić information content (AvgIpc) is 2.14. The number of ether oxygens (including phenoxy) is 1. The van der Waals surface area contributed by atoms with Crippen molar-refractivity contribution in [1.82, 2.24) is 0 Å². The van der Waals surface area contributed by atoms with Crippen LogP contribution in [0.2, 0.25) is 5.02 Å². The lowest BCUT2D eigenvalue weighted by atomic mass is 10.1. The van der Waals surface area contributed by atoms with Crippen LogP contribution < -0.4 is 4.74 Å².